The van der Waals surface area contributed by atoms with Gasteiger partial charge in [-0.1, -0.05) is 0 Å². The fourth-order valence-electron chi connectivity index (χ4n) is 4.78. The molecular formula is C23H28BNO7. The van der Waals surface area contributed by atoms with Crippen molar-refractivity contribution in [1.82, 2.24) is 0 Å². The molecule has 2 N–H and O–H groups in total. The van der Waals surface area contributed by atoms with Crippen LogP contribution in [0.5, 0.6) is 23.0 Å². The molecule has 0 aromatic heterocycles. The van der Waals surface area contributed by atoms with Gasteiger partial charge in [-0.05, 0) is 12.5 Å². The van der Waals surface area contributed by atoms with Gasteiger partial charge in [-0.25, -0.2) is 0 Å². The Morgan fingerprint density at radius 2 is 1.41 bits per heavy atom. The van der Waals surface area contributed by atoms with Crippen LogP contribution in [0.15, 0.2) is 24.3 Å². The zero-order valence-electron chi connectivity index (χ0n) is 18.7. The smallest absolute Gasteiger partial charge is 0.392 e. The average molecular weight is 441 g/mol. The zero-order valence-corrected chi connectivity index (χ0v) is 18.7. The first-order chi connectivity index (χ1) is 15.6. The van der Waals surface area contributed by atoms with Crippen LogP contribution < -0.4 is 18.9 Å². The molecule has 2 aromatic carbocycles. The van der Waals surface area contributed by atoms with E-state index < -0.39 is 0 Å². The number of ether oxygens (including phenoxy) is 5. The second-order valence-corrected chi connectivity index (χ2v) is 7.99. The Labute approximate surface area is 188 Å². The normalized spacial score (nSPS) is 24.0. The van der Waals surface area contributed by atoms with Crippen LogP contribution in [0, 0.1) is 24.1 Å². The van der Waals surface area contributed by atoms with Gasteiger partial charge in [0.2, 0.25) is 0 Å². The third kappa shape index (κ3) is 3.85. The molecule has 0 amide bonds. The van der Waals surface area contributed by atoms with Crippen molar-refractivity contribution in [2.24, 2.45) is 11.8 Å². The molecule has 8 nitrogen and oxygen atoms in total. The molecule has 0 spiro atoms. The van der Waals surface area contributed by atoms with Gasteiger partial charge in [-0.3, -0.25) is 0 Å². The van der Waals surface area contributed by atoms with Crippen molar-refractivity contribution in [3.63, 3.8) is 0 Å². The van der Waals surface area contributed by atoms with Crippen molar-refractivity contribution >= 4 is 7.27 Å². The molecule has 0 radical (unpaired) electrons. The van der Waals surface area contributed by atoms with E-state index in [4.69, 9.17) is 33.7 Å². The molecule has 0 unspecified atom stereocenters. The van der Waals surface area contributed by atoms with Gasteiger partial charge in [-0.2, -0.15) is 0 Å². The van der Waals surface area contributed by atoms with E-state index in [-0.39, 0.29) is 30.7 Å². The van der Waals surface area contributed by atoms with Crippen LogP contribution in [-0.4, -0.2) is 46.9 Å². The first-order valence-corrected chi connectivity index (χ1v) is 10.5. The van der Waals surface area contributed by atoms with E-state index >= 15 is 0 Å². The topological polar surface area (TPSA) is 99.5 Å². The predicted octanol–water partition coefficient (Wildman–Crippen LogP) is 3.35. The molecule has 4 rings (SSSR count). The van der Waals surface area contributed by atoms with Crippen LogP contribution in [0.3, 0.4) is 0 Å². The minimum atomic E-state index is -0.188. The van der Waals surface area contributed by atoms with E-state index in [0.717, 1.165) is 35.3 Å². The summed E-state index contributed by atoms with van der Waals surface area (Å²) in [6, 6.07) is 7.71. The maximum atomic E-state index is 9.77. The fraction of sp³-hybridized carbons (Fsp3) is 0.478. The van der Waals surface area contributed by atoms with Crippen LogP contribution in [0.25, 0.3) is 0 Å². The summed E-state index contributed by atoms with van der Waals surface area (Å²) >= 11 is 0. The summed E-state index contributed by atoms with van der Waals surface area (Å²) in [5, 5.41) is 17.0. The quantitative estimate of drug-likeness (QED) is 0.606. The zero-order chi connectivity index (χ0) is 22.8. The molecule has 4 atom stereocenters. The van der Waals surface area contributed by atoms with Gasteiger partial charge < -0.3 is 9.84 Å². The van der Waals surface area contributed by atoms with Crippen molar-refractivity contribution in [3.05, 3.63) is 46.5 Å². The molecule has 2 fully saturated rings. The summed E-state index contributed by atoms with van der Waals surface area (Å²) in [4.78, 5) is 0. The minimum Gasteiger partial charge on any atom is -0.392 e. The predicted molar refractivity (Wildman–Crippen MR) is 117 cm³/mol. The summed E-state index contributed by atoms with van der Waals surface area (Å²) in [6.45, 7) is 2.98. The number of rotatable bonds is 8. The first kappa shape index (κ1) is 22.6. The molecular weight excluding hydrogens is 413 g/mol. The standard InChI is InChI=1S/C23H28BNO7/c1-12-15(9-26)5-13(6-18(12)27-2)21-16-10-31-22(17(16)11-30-21)14-7-19(28-3)23(32-24-25)20(8-14)29-4/h5-8,16-17,21-22,25-26H,9-11H2,1-4H3/t16-,17-,21+,22+/m1/s1. The summed E-state index contributed by atoms with van der Waals surface area (Å²) in [5.41, 5.74) is 3.65. The van der Waals surface area contributed by atoms with Gasteiger partial charge in [0, 0.05) is 0 Å². The molecule has 2 aromatic rings. The number of aliphatic hydroxyl groups excluding tert-OH is 1. The van der Waals surface area contributed by atoms with Crippen molar-refractivity contribution in [2.45, 2.75) is 25.7 Å². The molecule has 170 valence electrons. The van der Waals surface area contributed by atoms with Crippen molar-refractivity contribution in [3.8, 4) is 23.0 Å². The third-order valence-electron chi connectivity index (χ3n) is 6.46. The summed E-state index contributed by atoms with van der Waals surface area (Å²) < 4.78 is 34.2. The molecule has 2 saturated heterocycles. The van der Waals surface area contributed by atoms with Crippen LogP contribution in [0.2, 0.25) is 0 Å². The average Bonchev–Trinajstić information content (AvgIpc) is 3.42. The van der Waals surface area contributed by atoms with E-state index in [1.165, 1.54) is 0 Å². The number of fused-ring (bicyclic) bond motifs is 1. The molecule has 32 heavy (non-hydrogen) atoms. The van der Waals surface area contributed by atoms with Crippen LogP contribution in [0.4, 0.5) is 0 Å². The molecule has 9 heteroatoms. The molecule has 2 aliphatic heterocycles. The maximum absolute atomic E-state index is 9.77. The molecule has 2 heterocycles. The van der Waals surface area contributed by atoms with Gasteiger partial charge in [0.1, 0.15) is 0 Å². The third-order valence-corrected chi connectivity index (χ3v) is 6.46. The van der Waals surface area contributed by atoms with E-state index in [1.54, 1.807) is 21.3 Å². The van der Waals surface area contributed by atoms with Crippen LogP contribution in [0.1, 0.15) is 34.5 Å². The number of hydrogen-bond donors (Lipinski definition) is 2. The monoisotopic (exact) mass is 441 g/mol. The van der Waals surface area contributed by atoms with Crippen molar-refractivity contribution in [2.75, 3.05) is 34.5 Å². The van der Waals surface area contributed by atoms with Gasteiger partial charge in [-0.15, -0.1) is 0 Å². The summed E-state index contributed by atoms with van der Waals surface area (Å²) in [6.07, 6.45) is -0.333. The Kier molecular flexibility index (Phi) is 6.69. The van der Waals surface area contributed by atoms with Crippen molar-refractivity contribution < 1.29 is 33.4 Å². The van der Waals surface area contributed by atoms with Gasteiger partial charge in [0.05, 0.1) is 13.7 Å². The Bertz CT molecular complexity index is 948. The Hall–Kier alpha value is -2.62. The Morgan fingerprint density at radius 1 is 0.906 bits per heavy atom. The summed E-state index contributed by atoms with van der Waals surface area (Å²) in [5.74, 6) is 2.35. The Morgan fingerprint density at radius 3 is 1.88 bits per heavy atom. The first-order valence-electron chi connectivity index (χ1n) is 10.5. The number of nitrogens with one attached hydrogen (secondary N) is 1. The van der Waals surface area contributed by atoms with Crippen LogP contribution >= 0.6 is 0 Å². The molecule has 0 bridgehead atoms. The number of hydrogen-bond acceptors (Lipinski definition) is 8. The number of benzene rings is 2. The van der Waals surface area contributed by atoms with E-state index in [0.29, 0.717) is 30.5 Å². The van der Waals surface area contributed by atoms with E-state index in [9.17, 15) is 5.11 Å². The van der Waals surface area contributed by atoms with Gasteiger partial charge in [0.15, 0.2) is 0 Å². The van der Waals surface area contributed by atoms with Gasteiger partial charge >= 0.3 is 152 Å². The molecule has 0 saturated carbocycles. The van der Waals surface area contributed by atoms with E-state index in [2.05, 4.69) is 0 Å². The van der Waals surface area contributed by atoms with Gasteiger partial charge in [0.25, 0.3) is 0 Å². The molecule has 2 aliphatic rings. The summed E-state index contributed by atoms with van der Waals surface area (Å²) in [7, 11) is 5.57. The minimum absolute atomic E-state index is 0.0558. The van der Waals surface area contributed by atoms with Crippen molar-refractivity contribution in [1.29, 1.82) is 5.31 Å². The number of methoxy groups -OCH3 is 3. The second-order valence-electron chi connectivity index (χ2n) is 7.99. The SMILES string of the molecule is COc1cc([C@@H]2OC[C@@H]3[C@H]2CO[C@H]3c2cc(OC)c(OB=N)c(OC)c2)cc(CO)c1C. The number of aliphatic hydroxyl groups is 1. The molecule has 0 aliphatic carbocycles. The fourth-order valence-corrected chi connectivity index (χ4v) is 4.78. The Balaban J connectivity index is 1.64. The van der Waals surface area contributed by atoms with Crippen LogP contribution in [-0.2, 0) is 16.1 Å². The van der Waals surface area contributed by atoms with E-state index in [1.807, 2.05) is 31.2 Å². The second kappa shape index (κ2) is 9.48.